The number of carbonyl (C=O) groups excluding carboxylic acids is 3. The van der Waals surface area contributed by atoms with Crippen molar-refractivity contribution in [3.63, 3.8) is 0 Å². The molecule has 1 heterocycles. The van der Waals surface area contributed by atoms with E-state index < -0.39 is 47.5 Å². The van der Waals surface area contributed by atoms with Gasteiger partial charge in [0.05, 0.1) is 12.3 Å². The number of esters is 3. The Hall–Kier alpha value is -2.19. The van der Waals surface area contributed by atoms with E-state index in [0.717, 1.165) is 6.92 Å². The second-order valence-electron chi connectivity index (χ2n) is 4.38. The molecule has 0 saturated carbocycles. The van der Waals surface area contributed by atoms with Crippen LogP contribution in [0.3, 0.4) is 0 Å². The van der Waals surface area contributed by atoms with E-state index in [0.29, 0.717) is 0 Å². The van der Waals surface area contributed by atoms with Crippen LogP contribution in [0.5, 0.6) is 0 Å². The van der Waals surface area contributed by atoms with Crippen LogP contribution < -0.4 is 0 Å². The van der Waals surface area contributed by atoms with Gasteiger partial charge in [-0.1, -0.05) is 0 Å². The van der Waals surface area contributed by atoms with Crippen LogP contribution in [-0.2, 0) is 28.6 Å². The van der Waals surface area contributed by atoms with Gasteiger partial charge in [-0.05, 0) is 0 Å². The highest BCUT2D eigenvalue weighted by Crippen LogP contribution is 2.25. The number of nitrogens with zero attached hydrogens (tertiary/aromatic N) is 1. The van der Waals surface area contributed by atoms with E-state index in [4.69, 9.17) is 14.2 Å². The summed E-state index contributed by atoms with van der Waals surface area (Å²) in [6.07, 6.45) is -2.26. The lowest BCUT2D eigenvalue weighted by Gasteiger charge is -2.34. The van der Waals surface area contributed by atoms with E-state index >= 15 is 0 Å². The maximum Gasteiger partial charge on any atom is 0.307 e. The van der Waals surface area contributed by atoms with Crippen LogP contribution in [-0.4, -0.2) is 48.2 Å². The molecule has 0 N–H and O–H groups in total. The van der Waals surface area contributed by atoms with E-state index in [-0.39, 0.29) is 13.0 Å². The molecule has 20 heavy (non-hydrogen) atoms. The Labute approximate surface area is 114 Å². The van der Waals surface area contributed by atoms with E-state index in [2.05, 4.69) is 0 Å². The topological polar surface area (TPSA) is 122 Å². The van der Waals surface area contributed by atoms with Crippen molar-refractivity contribution in [1.82, 2.24) is 0 Å². The summed E-state index contributed by atoms with van der Waals surface area (Å²) in [7, 11) is 0. The molecule has 9 heteroatoms. The lowest BCUT2D eigenvalue weighted by atomic mass is 9.92. The highest BCUT2D eigenvalue weighted by molar-refractivity contribution is 5.72. The zero-order valence-electron chi connectivity index (χ0n) is 11.1. The quantitative estimate of drug-likeness (QED) is 0.292. The second-order valence-corrected chi connectivity index (χ2v) is 4.38. The van der Waals surface area contributed by atoms with Gasteiger partial charge in [0.15, 0.2) is 12.2 Å². The minimum Gasteiger partial charge on any atom is -0.462 e. The number of ether oxygens (including phenoxy) is 3. The molecule has 0 amide bonds. The van der Waals surface area contributed by atoms with Crippen molar-refractivity contribution in [3.05, 3.63) is 10.1 Å². The third-order valence-corrected chi connectivity index (χ3v) is 2.68. The molecule has 1 rings (SSSR count). The molecular formula is C11H15NO8. The summed E-state index contributed by atoms with van der Waals surface area (Å²) in [4.78, 5) is 43.3. The van der Waals surface area contributed by atoms with Crippen LogP contribution in [0.2, 0.25) is 0 Å². The van der Waals surface area contributed by atoms with Gasteiger partial charge in [0, 0.05) is 18.8 Å². The van der Waals surface area contributed by atoms with Gasteiger partial charge < -0.3 is 14.2 Å². The average Bonchev–Trinajstić information content (AvgIpc) is 2.28. The van der Waals surface area contributed by atoms with Gasteiger partial charge in [0.2, 0.25) is 6.54 Å². The van der Waals surface area contributed by atoms with Gasteiger partial charge in [-0.15, -0.1) is 0 Å². The van der Waals surface area contributed by atoms with Gasteiger partial charge >= 0.3 is 17.9 Å². The Morgan fingerprint density at radius 1 is 1.40 bits per heavy atom. The first-order valence-corrected chi connectivity index (χ1v) is 5.91. The number of hydrogen-bond donors (Lipinski definition) is 0. The van der Waals surface area contributed by atoms with Crippen LogP contribution in [0.1, 0.15) is 20.3 Å². The summed E-state index contributed by atoms with van der Waals surface area (Å²) < 4.78 is 14.6. The maximum atomic E-state index is 11.4. The first-order valence-electron chi connectivity index (χ1n) is 5.91. The molecule has 0 radical (unpaired) electrons. The van der Waals surface area contributed by atoms with Crippen molar-refractivity contribution >= 4 is 17.9 Å². The summed E-state index contributed by atoms with van der Waals surface area (Å²) in [5, 5.41) is 10.6. The summed E-state index contributed by atoms with van der Waals surface area (Å²) in [5.41, 5.74) is 0. The first kappa shape index (κ1) is 15.9. The fourth-order valence-corrected chi connectivity index (χ4v) is 1.97. The molecule has 1 saturated heterocycles. The van der Waals surface area contributed by atoms with E-state index in [1.807, 2.05) is 0 Å². The first-order chi connectivity index (χ1) is 9.29. The summed E-state index contributed by atoms with van der Waals surface area (Å²) in [5.74, 6) is -2.72. The van der Waals surface area contributed by atoms with Gasteiger partial charge in [0.25, 0.3) is 0 Å². The Morgan fingerprint density at radius 3 is 2.55 bits per heavy atom. The van der Waals surface area contributed by atoms with Gasteiger partial charge in [-0.3, -0.25) is 24.5 Å². The van der Waals surface area contributed by atoms with Gasteiger partial charge in [-0.2, -0.15) is 0 Å². The lowest BCUT2D eigenvalue weighted by Crippen LogP contribution is -2.50. The third-order valence-electron chi connectivity index (χ3n) is 2.68. The van der Waals surface area contributed by atoms with Crippen LogP contribution in [0, 0.1) is 16.0 Å². The molecule has 0 aromatic heterocycles. The molecule has 0 unspecified atom stereocenters. The molecule has 0 aromatic rings. The molecule has 9 nitrogen and oxygen atoms in total. The number of carbonyl (C=O) groups is 3. The largest absolute Gasteiger partial charge is 0.462 e. The molecule has 0 spiro atoms. The summed E-state index contributed by atoms with van der Waals surface area (Å²) >= 11 is 0. The number of nitro groups is 1. The fraction of sp³-hybridized carbons (Fsp3) is 0.727. The Bertz CT molecular complexity index is 419. The summed E-state index contributed by atoms with van der Waals surface area (Å²) in [6.45, 7) is 1.46. The van der Waals surface area contributed by atoms with E-state index in [1.165, 1.54) is 6.92 Å². The monoisotopic (exact) mass is 289 g/mol. The molecule has 3 atom stereocenters. The maximum absolute atomic E-state index is 11.4. The zero-order valence-corrected chi connectivity index (χ0v) is 11.1. The molecule has 0 aliphatic carbocycles. The van der Waals surface area contributed by atoms with Crippen LogP contribution in [0.25, 0.3) is 0 Å². The molecule has 1 fully saturated rings. The van der Waals surface area contributed by atoms with Crippen LogP contribution in [0.15, 0.2) is 0 Å². The lowest BCUT2D eigenvalue weighted by molar-refractivity contribution is -0.491. The van der Waals surface area contributed by atoms with Crippen molar-refractivity contribution in [2.75, 3.05) is 13.2 Å². The van der Waals surface area contributed by atoms with Crippen molar-refractivity contribution < 1.29 is 33.5 Å². The fourth-order valence-electron chi connectivity index (χ4n) is 1.97. The predicted molar refractivity (Wildman–Crippen MR) is 62.0 cm³/mol. The molecule has 0 aromatic carbocycles. The van der Waals surface area contributed by atoms with Crippen LogP contribution in [0.4, 0.5) is 0 Å². The number of rotatable bonds is 5. The summed E-state index contributed by atoms with van der Waals surface area (Å²) in [6, 6.07) is 0. The molecular weight excluding hydrogens is 274 g/mol. The Morgan fingerprint density at radius 2 is 2.05 bits per heavy atom. The van der Waals surface area contributed by atoms with Crippen molar-refractivity contribution in [1.29, 1.82) is 0 Å². The van der Waals surface area contributed by atoms with Gasteiger partial charge in [-0.25, -0.2) is 0 Å². The zero-order chi connectivity index (χ0) is 15.3. The van der Waals surface area contributed by atoms with Crippen LogP contribution >= 0.6 is 0 Å². The SMILES string of the molecule is CC(=O)OC[C@H]1OC(=O)C[C@@H](C[N+](=O)[O-])[C@@H]1OC(C)=O. The third kappa shape index (κ3) is 4.82. The Kier molecular flexibility index (Phi) is 5.42. The highest BCUT2D eigenvalue weighted by Gasteiger charge is 2.44. The highest BCUT2D eigenvalue weighted by atomic mass is 16.6. The minimum absolute atomic E-state index is 0.227. The molecule has 0 bridgehead atoms. The molecule has 112 valence electrons. The predicted octanol–water partition coefficient (Wildman–Crippen LogP) is -0.310. The second kappa shape index (κ2) is 6.83. The number of cyclic esters (lactones) is 1. The molecule has 1 aliphatic rings. The minimum atomic E-state index is -1.03. The molecule has 1 aliphatic heterocycles. The smallest absolute Gasteiger partial charge is 0.307 e. The number of hydrogen-bond acceptors (Lipinski definition) is 8. The van der Waals surface area contributed by atoms with Gasteiger partial charge in [0.1, 0.15) is 6.61 Å². The standard InChI is InChI=1S/C11H15NO8/c1-6(13)18-5-9-11(19-7(2)14)8(4-12(16)17)3-10(15)20-9/h8-9,11H,3-5H2,1-2H3/t8-,9+,11-/m0/s1. The average molecular weight is 289 g/mol. The van der Waals surface area contributed by atoms with E-state index in [9.17, 15) is 24.5 Å². The Balaban J connectivity index is 2.85. The van der Waals surface area contributed by atoms with Crippen molar-refractivity contribution in [2.45, 2.75) is 32.5 Å². The normalized spacial score (nSPS) is 25.5. The van der Waals surface area contributed by atoms with Crippen molar-refractivity contribution in [2.24, 2.45) is 5.92 Å². The van der Waals surface area contributed by atoms with Crippen molar-refractivity contribution in [3.8, 4) is 0 Å². The van der Waals surface area contributed by atoms with E-state index in [1.54, 1.807) is 0 Å².